The quantitative estimate of drug-likeness (QED) is 0.457. The summed E-state index contributed by atoms with van der Waals surface area (Å²) in [7, 11) is -0.573. The second-order valence-electron chi connectivity index (χ2n) is 8.23. The minimum atomic E-state index is -0.573. The van der Waals surface area contributed by atoms with E-state index in [4.69, 9.17) is 4.74 Å². The van der Waals surface area contributed by atoms with E-state index in [9.17, 15) is 9.00 Å². The van der Waals surface area contributed by atoms with Crippen LogP contribution in [0.15, 0.2) is 53.7 Å². The topological polar surface area (TPSA) is 79.0 Å². The number of benzene rings is 1. The van der Waals surface area contributed by atoms with E-state index >= 15 is 0 Å². The highest BCUT2D eigenvalue weighted by Gasteiger charge is 2.23. The van der Waals surface area contributed by atoms with Crippen LogP contribution in [0.4, 0.5) is 0 Å². The summed E-state index contributed by atoms with van der Waals surface area (Å²) < 4.78 is 19.1. The molecule has 1 unspecified atom stereocenters. The molecule has 4 heterocycles. The van der Waals surface area contributed by atoms with Gasteiger partial charge in [0.1, 0.15) is 0 Å². The van der Waals surface area contributed by atoms with Crippen LogP contribution >= 0.6 is 0 Å². The number of imidazole rings is 1. The first kappa shape index (κ1) is 23.3. The number of rotatable bonds is 4. The summed E-state index contributed by atoms with van der Waals surface area (Å²) in [5.41, 5.74) is 3.82. The van der Waals surface area contributed by atoms with Crippen LogP contribution in [0.1, 0.15) is 37.1 Å². The molecule has 0 amide bonds. The minimum absolute atomic E-state index is 0.00394. The third kappa shape index (κ3) is 4.91. The van der Waals surface area contributed by atoms with Gasteiger partial charge in [-0.1, -0.05) is 31.2 Å². The zero-order valence-corrected chi connectivity index (χ0v) is 20.2. The van der Waals surface area contributed by atoms with Crippen LogP contribution in [0.5, 0.6) is 0 Å². The van der Waals surface area contributed by atoms with E-state index in [1.807, 2.05) is 40.5 Å². The molecule has 3 aromatic heterocycles. The fourth-order valence-corrected chi connectivity index (χ4v) is 4.24. The monoisotopic (exact) mass is 466 g/mol. The fourth-order valence-electron chi connectivity index (χ4n) is 4.24. The molecule has 174 valence electrons. The Hall–Kier alpha value is -2.84. The van der Waals surface area contributed by atoms with E-state index < -0.39 is 10.8 Å². The molecule has 0 bridgehead atoms. The van der Waals surface area contributed by atoms with Crippen molar-refractivity contribution in [3.63, 3.8) is 0 Å². The first-order valence-corrected chi connectivity index (χ1v) is 13.0. The highest BCUT2D eigenvalue weighted by atomic mass is 32.2. The Bertz CT molecular complexity index is 1340. The lowest BCUT2D eigenvalue weighted by Crippen LogP contribution is -2.31. The lowest BCUT2D eigenvalue weighted by molar-refractivity contribution is 0.0696. The van der Waals surface area contributed by atoms with Crippen LogP contribution < -0.4 is 5.69 Å². The van der Waals surface area contributed by atoms with Gasteiger partial charge in [0.15, 0.2) is 0 Å². The predicted octanol–water partition coefficient (Wildman–Crippen LogP) is 3.84. The lowest BCUT2D eigenvalue weighted by Gasteiger charge is -2.23. The fraction of sp³-hybridized carbons (Fsp3) is 0.400. The molecule has 7 nitrogen and oxygen atoms in total. The summed E-state index contributed by atoms with van der Waals surface area (Å²) in [5, 5.41) is 2.29. The molecule has 8 heteroatoms. The van der Waals surface area contributed by atoms with Gasteiger partial charge in [0.05, 0.1) is 29.5 Å². The van der Waals surface area contributed by atoms with Gasteiger partial charge in [0.25, 0.3) is 0 Å². The Morgan fingerprint density at radius 3 is 2.58 bits per heavy atom. The Morgan fingerprint density at radius 2 is 1.85 bits per heavy atom. The van der Waals surface area contributed by atoms with Gasteiger partial charge in [0, 0.05) is 59.8 Å². The van der Waals surface area contributed by atoms with Crippen molar-refractivity contribution in [3.8, 4) is 0 Å². The molecular formula is C25H30N4O3S. The van der Waals surface area contributed by atoms with Gasteiger partial charge < -0.3 is 4.74 Å². The molecule has 0 spiro atoms. The Balaban J connectivity index is 0.000000471. The van der Waals surface area contributed by atoms with Gasteiger partial charge in [-0.25, -0.2) is 4.79 Å². The standard InChI is InChI=1S/C22H22N4O2.C3H8OS/c1-15-18-5-3-2-4-16(18)12-24-19(15)14-25-21-13-23-9-6-20(21)26(22(25)27)17-7-10-28-11-8-17;1-3-5(2)4/h2-6,9,12-13,17H,7-8,10-11,14H2,1H3;3H2,1-2H3. The van der Waals surface area contributed by atoms with Crippen LogP contribution in [-0.2, 0) is 22.1 Å². The molecule has 0 saturated carbocycles. The van der Waals surface area contributed by atoms with Crippen LogP contribution in [0.25, 0.3) is 21.8 Å². The normalized spacial score (nSPS) is 15.4. The molecule has 0 aliphatic carbocycles. The molecule has 0 radical (unpaired) electrons. The van der Waals surface area contributed by atoms with Gasteiger partial charge in [-0.05, 0) is 36.8 Å². The second-order valence-corrected chi connectivity index (χ2v) is 9.95. The number of hydrogen-bond donors (Lipinski definition) is 0. The Morgan fingerprint density at radius 1 is 1.12 bits per heavy atom. The summed E-state index contributed by atoms with van der Waals surface area (Å²) in [4.78, 5) is 22.3. The molecule has 5 rings (SSSR count). The highest BCUT2D eigenvalue weighted by Crippen LogP contribution is 2.25. The summed E-state index contributed by atoms with van der Waals surface area (Å²) in [5.74, 6) is 0.778. The molecule has 1 fully saturated rings. The second kappa shape index (κ2) is 10.4. The minimum Gasteiger partial charge on any atom is -0.381 e. The van der Waals surface area contributed by atoms with Gasteiger partial charge in [-0.2, -0.15) is 0 Å². The molecule has 1 aliphatic heterocycles. The molecule has 4 aromatic rings. The molecule has 1 aliphatic rings. The smallest absolute Gasteiger partial charge is 0.329 e. The summed E-state index contributed by atoms with van der Waals surface area (Å²) in [6.07, 6.45) is 8.83. The number of nitrogens with zero attached hydrogens (tertiary/aromatic N) is 4. The largest absolute Gasteiger partial charge is 0.381 e. The van der Waals surface area contributed by atoms with E-state index in [0.717, 1.165) is 46.3 Å². The van der Waals surface area contributed by atoms with E-state index in [1.54, 1.807) is 18.6 Å². The Kier molecular flexibility index (Phi) is 7.35. The van der Waals surface area contributed by atoms with Gasteiger partial charge >= 0.3 is 5.69 Å². The van der Waals surface area contributed by atoms with Crippen molar-refractivity contribution < 1.29 is 8.95 Å². The average Bonchev–Trinajstić information content (AvgIpc) is 3.13. The van der Waals surface area contributed by atoms with Crippen molar-refractivity contribution in [1.29, 1.82) is 0 Å². The van der Waals surface area contributed by atoms with Crippen LogP contribution in [0.2, 0.25) is 0 Å². The number of aromatic nitrogens is 4. The van der Waals surface area contributed by atoms with Crippen molar-refractivity contribution >= 4 is 32.6 Å². The van der Waals surface area contributed by atoms with Crippen LogP contribution in [0.3, 0.4) is 0 Å². The Labute approximate surface area is 195 Å². The van der Waals surface area contributed by atoms with E-state index in [0.29, 0.717) is 19.8 Å². The molecular weight excluding hydrogens is 436 g/mol. The van der Waals surface area contributed by atoms with E-state index in [2.05, 4.69) is 29.0 Å². The molecule has 1 aromatic carbocycles. The average molecular weight is 467 g/mol. The SMILES string of the molecule is CCS(C)=O.Cc1c(Cn2c(=O)n(C3CCOCC3)c3ccncc32)ncc2ccccc12. The van der Waals surface area contributed by atoms with E-state index in [1.165, 1.54) is 5.39 Å². The number of ether oxygens (including phenoxy) is 1. The zero-order chi connectivity index (χ0) is 23.4. The van der Waals surface area contributed by atoms with Crippen molar-refractivity contribution in [2.75, 3.05) is 25.2 Å². The van der Waals surface area contributed by atoms with Gasteiger partial charge in [-0.15, -0.1) is 0 Å². The zero-order valence-electron chi connectivity index (χ0n) is 19.4. The van der Waals surface area contributed by atoms with Crippen molar-refractivity contribution in [2.45, 2.75) is 39.3 Å². The van der Waals surface area contributed by atoms with Gasteiger partial charge in [0.2, 0.25) is 0 Å². The maximum Gasteiger partial charge on any atom is 0.329 e. The number of pyridine rings is 2. The van der Waals surface area contributed by atoms with Crippen molar-refractivity contribution in [1.82, 2.24) is 19.1 Å². The highest BCUT2D eigenvalue weighted by molar-refractivity contribution is 7.84. The van der Waals surface area contributed by atoms with Gasteiger partial charge in [-0.3, -0.25) is 23.3 Å². The maximum atomic E-state index is 13.4. The molecule has 33 heavy (non-hydrogen) atoms. The predicted molar refractivity (Wildman–Crippen MR) is 133 cm³/mol. The summed E-state index contributed by atoms with van der Waals surface area (Å²) in [6, 6.07) is 10.3. The summed E-state index contributed by atoms with van der Waals surface area (Å²) in [6.45, 7) is 5.80. The third-order valence-electron chi connectivity index (χ3n) is 6.19. The number of aryl methyl sites for hydroxylation is 1. The molecule has 0 N–H and O–H groups in total. The van der Waals surface area contributed by atoms with E-state index in [-0.39, 0.29) is 11.7 Å². The summed E-state index contributed by atoms with van der Waals surface area (Å²) >= 11 is 0. The number of fused-ring (bicyclic) bond motifs is 2. The first-order valence-electron chi connectivity index (χ1n) is 11.3. The van der Waals surface area contributed by atoms with Crippen molar-refractivity contribution in [2.24, 2.45) is 0 Å². The molecule has 1 atom stereocenters. The van der Waals surface area contributed by atoms with Crippen LogP contribution in [0, 0.1) is 6.92 Å². The lowest BCUT2D eigenvalue weighted by atomic mass is 10.1. The molecule has 1 saturated heterocycles. The first-order chi connectivity index (χ1) is 16.0. The maximum absolute atomic E-state index is 13.4. The third-order valence-corrected chi connectivity index (χ3v) is 7.01. The van der Waals surface area contributed by atoms with Crippen LogP contribution in [-0.4, -0.2) is 48.5 Å². The van der Waals surface area contributed by atoms with Crippen molar-refractivity contribution in [3.05, 3.63) is 70.7 Å². The number of hydrogen-bond acceptors (Lipinski definition) is 5.